The number of hydrogen-bond acceptors (Lipinski definition) is 2. The summed E-state index contributed by atoms with van der Waals surface area (Å²) in [5, 5.41) is 0. The molecule has 1 aliphatic rings. The van der Waals surface area contributed by atoms with E-state index in [1.807, 2.05) is 39.6 Å². The zero-order valence-electron chi connectivity index (χ0n) is 13.0. The summed E-state index contributed by atoms with van der Waals surface area (Å²) >= 11 is 3.42. The minimum absolute atomic E-state index is 0.0331. The molecular weight excluding hydrogens is 361 g/mol. The summed E-state index contributed by atoms with van der Waals surface area (Å²) in [4.78, 5) is 16.5. The maximum Gasteiger partial charge on any atom is 0.270 e. The van der Waals surface area contributed by atoms with Gasteiger partial charge >= 0.3 is 0 Å². The minimum atomic E-state index is -0.212. The lowest BCUT2D eigenvalue weighted by atomic mass is 10.2. The van der Waals surface area contributed by atoms with Gasteiger partial charge in [0.05, 0.1) is 5.69 Å². The second kappa shape index (κ2) is 6.74. The Bertz CT molecular complexity index is 708. The Labute approximate surface area is 143 Å². The topological polar surface area (TPSA) is 28.5 Å². The summed E-state index contributed by atoms with van der Waals surface area (Å²) in [5.74, 6) is -0.179. The first-order valence-corrected chi connectivity index (χ1v) is 8.54. The van der Waals surface area contributed by atoms with Crippen LogP contribution in [0.1, 0.15) is 17.4 Å². The molecule has 1 amide bonds. The number of hydrogen-bond donors (Lipinski definition) is 0. The number of amides is 1. The molecule has 0 aliphatic carbocycles. The molecule has 1 aliphatic heterocycles. The third kappa shape index (κ3) is 3.27. The zero-order chi connectivity index (χ0) is 16.4. The lowest BCUT2D eigenvalue weighted by molar-refractivity contribution is 0.0736. The van der Waals surface area contributed by atoms with E-state index >= 15 is 0 Å². The highest BCUT2D eigenvalue weighted by atomic mass is 79.9. The van der Waals surface area contributed by atoms with Gasteiger partial charge in [0.2, 0.25) is 0 Å². The molecule has 122 valence electrons. The summed E-state index contributed by atoms with van der Waals surface area (Å²) in [6, 6.07) is 8.64. The first kappa shape index (κ1) is 16.1. The van der Waals surface area contributed by atoms with Gasteiger partial charge in [0.1, 0.15) is 11.5 Å². The van der Waals surface area contributed by atoms with Crippen LogP contribution in [0.25, 0.3) is 0 Å². The highest BCUT2D eigenvalue weighted by Gasteiger charge is 2.25. The number of piperazine rings is 1. The molecule has 1 saturated heterocycles. The molecule has 0 saturated carbocycles. The molecule has 4 nitrogen and oxygen atoms in total. The number of aromatic nitrogens is 1. The van der Waals surface area contributed by atoms with E-state index in [2.05, 4.69) is 15.9 Å². The maximum atomic E-state index is 13.9. The molecule has 6 heteroatoms. The summed E-state index contributed by atoms with van der Waals surface area (Å²) < 4.78 is 16.7. The van der Waals surface area contributed by atoms with Crippen LogP contribution in [0.2, 0.25) is 0 Å². The summed E-state index contributed by atoms with van der Waals surface area (Å²) in [7, 11) is 0. The largest absolute Gasteiger partial charge is 0.366 e. The maximum absolute atomic E-state index is 13.9. The van der Waals surface area contributed by atoms with Crippen molar-refractivity contribution in [1.82, 2.24) is 9.47 Å². The number of carbonyl (C=O) groups excluding carboxylic acids is 1. The number of halogens is 2. The second-order valence-corrected chi connectivity index (χ2v) is 6.48. The van der Waals surface area contributed by atoms with Gasteiger partial charge in [0.25, 0.3) is 5.91 Å². The first-order chi connectivity index (χ1) is 11.1. The predicted molar refractivity (Wildman–Crippen MR) is 92.3 cm³/mol. The monoisotopic (exact) mass is 379 g/mol. The number of para-hydroxylation sites is 1. The van der Waals surface area contributed by atoms with Crippen molar-refractivity contribution in [2.75, 3.05) is 31.1 Å². The Balaban J connectivity index is 1.69. The van der Waals surface area contributed by atoms with Crippen LogP contribution in [0.15, 0.2) is 41.0 Å². The smallest absolute Gasteiger partial charge is 0.270 e. The molecule has 3 rings (SSSR count). The fourth-order valence-electron chi connectivity index (χ4n) is 2.94. The van der Waals surface area contributed by atoms with Crippen molar-refractivity contribution in [1.29, 1.82) is 0 Å². The first-order valence-electron chi connectivity index (χ1n) is 7.74. The van der Waals surface area contributed by atoms with Gasteiger partial charge in [-0.1, -0.05) is 12.1 Å². The Morgan fingerprint density at radius 3 is 2.57 bits per heavy atom. The molecule has 1 aromatic carbocycles. The zero-order valence-corrected chi connectivity index (χ0v) is 14.6. The van der Waals surface area contributed by atoms with E-state index in [0.29, 0.717) is 37.6 Å². The second-order valence-electron chi connectivity index (χ2n) is 5.56. The third-order valence-corrected chi connectivity index (χ3v) is 4.62. The van der Waals surface area contributed by atoms with Gasteiger partial charge in [-0.15, -0.1) is 0 Å². The quantitative estimate of drug-likeness (QED) is 0.817. The van der Waals surface area contributed by atoms with Crippen molar-refractivity contribution < 1.29 is 9.18 Å². The number of carbonyl (C=O) groups is 1. The van der Waals surface area contributed by atoms with Gasteiger partial charge in [-0.2, -0.15) is 0 Å². The van der Waals surface area contributed by atoms with Crippen molar-refractivity contribution in [3.05, 3.63) is 52.5 Å². The highest BCUT2D eigenvalue weighted by molar-refractivity contribution is 9.10. The Morgan fingerprint density at radius 2 is 1.91 bits per heavy atom. The molecule has 2 aromatic rings. The molecule has 0 bridgehead atoms. The number of benzene rings is 1. The lowest BCUT2D eigenvalue weighted by Crippen LogP contribution is -2.49. The predicted octanol–water partition coefficient (Wildman–Crippen LogP) is 3.37. The van der Waals surface area contributed by atoms with Crippen molar-refractivity contribution in [3.63, 3.8) is 0 Å². The van der Waals surface area contributed by atoms with Gasteiger partial charge in [-0.25, -0.2) is 4.39 Å². The summed E-state index contributed by atoms with van der Waals surface area (Å²) in [6.45, 7) is 5.24. The van der Waals surface area contributed by atoms with Crippen LogP contribution in [0.3, 0.4) is 0 Å². The molecule has 2 heterocycles. The lowest BCUT2D eigenvalue weighted by Gasteiger charge is -2.36. The molecule has 23 heavy (non-hydrogen) atoms. The molecule has 0 N–H and O–H groups in total. The van der Waals surface area contributed by atoms with E-state index in [9.17, 15) is 9.18 Å². The SMILES string of the molecule is CCn1cc(Br)cc1C(=O)N1CCN(c2ccccc2F)CC1. The molecule has 1 fully saturated rings. The fourth-order valence-corrected chi connectivity index (χ4v) is 3.40. The van der Waals surface area contributed by atoms with E-state index in [0.717, 1.165) is 11.0 Å². The summed E-state index contributed by atoms with van der Waals surface area (Å²) in [6.07, 6.45) is 1.92. The number of nitrogens with zero attached hydrogens (tertiary/aromatic N) is 3. The average molecular weight is 380 g/mol. The van der Waals surface area contributed by atoms with Crippen LogP contribution in [-0.2, 0) is 6.54 Å². The van der Waals surface area contributed by atoms with Crippen LogP contribution in [0.4, 0.5) is 10.1 Å². The van der Waals surface area contributed by atoms with Crippen LogP contribution in [-0.4, -0.2) is 41.6 Å². The van der Waals surface area contributed by atoms with Gasteiger partial charge in [0, 0.05) is 43.4 Å². The van der Waals surface area contributed by atoms with Crippen molar-refractivity contribution in [2.45, 2.75) is 13.5 Å². The summed E-state index contributed by atoms with van der Waals surface area (Å²) in [5.41, 5.74) is 1.30. The number of aryl methyl sites for hydroxylation is 1. The molecule has 0 radical (unpaired) electrons. The fraction of sp³-hybridized carbons (Fsp3) is 0.353. The average Bonchev–Trinajstić information content (AvgIpc) is 2.96. The van der Waals surface area contributed by atoms with E-state index in [1.165, 1.54) is 6.07 Å². The molecule has 0 spiro atoms. The van der Waals surface area contributed by atoms with Crippen LogP contribution in [0.5, 0.6) is 0 Å². The molecule has 0 unspecified atom stereocenters. The normalized spacial score (nSPS) is 15.1. The van der Waals surface area contributed by atoms with Crippen LogP contribution < -0.4 is 4.90 Å². The van der Waals surface area contributed by atoms with Gasteiger partial charge < -0.3 is 14.4 Å². The Morgan fingerprint density at radius 1 is 1.22 bits per heavy atom. The van der Waals surface area contributed by atoms with Gasteiger partial charge in [0.15, 0.2) is 0 Å². The van der Waals surface area contributed by atoms with E-state index in [-0.39, 0.29) is 11.7 Å². The van der Waals surface area contributed by atoms with Crippen molar-refractivity contribution >= 4 is 27.5 Å². The Kier molecular flexibility index (Phi) is 4.71. The Hall–Kier alpha value is -1.82. The van der Waals surface area contributed by atoms with Crippen molar-refractivity contribution in [3.8, 4) is 0 Å². The third-order valence-electron chi connectivity index (χ3n) is 4.18. The van der Waals surface area contributed by atoms with Gasteiger partial charge in [-0.3, -0.25) is 4.79 Å². The van der Waals surface area contributed by atoms with E-state index < -0.39 is 0 Å². The van der Waals surface area contributed by atoms with Crippen LogP contribution in [0, 0.1) is 5.82 Å². The number of rotatable bonds is 3. The molecular formula is C17H19BrFN3O. The standard InChI is InChI=1S/C17H19BrFN3O/c1-2-20-12-13(18)11-16(20)17(23)22-9-7-21(8-10-22)15-6-4-3-5-14(15)19/h3-6,11-12H,2,7-10H2,1H3. The van der Waals surface area contributed by atoms with Crippen LogP contribution >= 0.6 is 15.9 Å². The van der Waals surface area contributed by atoms with Crippen molar-refractivity contribution in [2.24, 2.45) is 0 Å². The number of anilines is 1. The molecule has 0 atom stereocenters. The highest BCUT2D eigenvalue weighted by Crippen LogP contribution is 2.22. The molecule has 1 aromatic heterocycles. The van der Waals surface area contributed by atoms with E-state index in [1.54, 1.807) is 12.1 Å². The van der Waals surface area contributed by atoms with Gasteiger partial charge in [-0.05, 0) is 41.1 Å². The van der Waals surface area contributed by atoms with E-state index in [4.69, 9.17) is 0 Å². The minimum Gasteiger partial charge on any atom is -0.366 e.